The molecule has 36 heavy (non-hydrogen) atoms. The summed E-state index contributed by atoms with van der Waals surface area (Å²) in [6, 6.07) is 21.7. The Morgan fingerprint density at radius 3 is 2.28 bits per heavy atom. The molecule has 1 atom stereocenters. The van der Waals surface area contributed by atoms with Crippen molar-refractivity contribution in [1.29, 1.82) is 0 Å². The molecule has 0 radical (unpaired) electrons. The Kier molecular flexibility index (Phi) is 6.76. The van der Waals surface area contributed by atoms with Crippen molar-refractivity contribution in [2.45, 2.75) is 13.0 Å². The Hall–Kier alpha value is -3.68. The van der Waals surface area contributed by atoms with Crippen LogP contribution >= 0.6 is 11.6 Å². The molecule has 0 saturated carbocycles. The topological polar surface area (TPSA) is 67.7 Å². The summed E-state index contributed by atoms with van der Waals surface area (Å²) in [5, 5.41) is 1.17. The van der Waals surface area contributed by atoms with Crippen molar-refractivity contribution in [2.75, 3.05) is 33.3 Å². The number of para-hydroxylation sites is 1. The lowest BCUT2D eigenvalue weighted by Crippen LogP contribution is -2.50. The first-order valence-corrected chi connectivity index (χ1v) is 12.3. The molecule has 7 nitrogen and oxygen atoms in total. The van der Waals surface area contributed by atoms with Crippen LogP contribution in [-0.4, -0.2) is 58.5 Å². The number of carbonyl (C=O) groups is 1. The van der Waals surface area contributed by atoms with Crippen LogP contribution in [0, 0.1) is 0 Å². The summed E-state index contributed by atoms with van der Waals surface area (Å²) in [4.78, 5) is 35.6. The van der Waals surface area contributed by atoms with Crippen LogP contribution in [0.1, 0.15) is 29.1 Å². The van der Waals surface area contributed by atoms with Gasteiger partial charge in [0, 0.05) is 36.8 Å². The number of halogens is 1. The van der Waals surface area contributed by atoms with E-state index in [0.29, 0.717) is 53.5 Å². The maximum Gasteiger partial charge on any atom is 0.266 e. The van der Waals surface area contributed by atoms with Gasteiger partial charge in [0.15, 0.2) is 0 Å². The van der Waals surface area contributed by atoms with Gasteiger partial charge in [-0.2, -0.15) is 0 Å². The third-order valence-corrected chi connectivity index (χ3v) is 7.00. The van der Waals surface area contributed by atoms with E-state index in [4.69, 9.17) is 21.3 Å². The highest BCUT2D eigenvalue weighted by atomic mass is 35.5. The fourth-order valence-electron chi connectivity index (χ4n) is 4.66. The fraction of sp³-hybridized carbons (Fsp3) is 0.250. The van der Waals surface area contributed by atoms with E-state index in [-0.39, 0.29) is 17.5 Å². The number of fused-ring (bicyclic) bond motifs is 1. The Bertz CT molecular complexity index is 1440. The van der Waals surface area contributed by atoms with Gasteiger partial charge in [-0.3, -0.25) is 19.1 Å². The number of benzene rings is 3. The molecule has 1 aliphatic rings. The minimum Gasteiger partial charge on any atom is -0.497 e. The molecule has 4 aromatic rings. The van der Waals surface area contributed by atoms with Crippen LogP contribution in [-0.2, 0) is 0 Å². The lowest BCUT2D eigenvalue weighted by Gasteiger charge is -2.38. The minimum absolute atomic E-state index is 0.00635. The highest BCUT2D eigenvalue weighted by Gasteiger charge is 2.28. The van der Waals surface area contributed by atoms with Crippen molar-refractivity contribution in [3.63, 3.8) is 0 Å². The highest BCUT2D eigenvalue weighted by molar-refractivity contribution is 6.30. The molecule has 1 saturated heterocycles. The van der Waals surface area contributed by atoms with E-state index in [0.717, 1.165) is 11.4 Å². The molecule has 5 rings (SSSR count). The zero-order valence-electron chi connectivity index (χ0n) is 20.2. The van der Waals surface area contributed by atoms with E-state index in [1.54, 1.807) is 54.1 Å². The summed E-state index contributed by atoms with van der Waals surface area (Å²) >= 11 is 6.11. The summed E-state index contributed by atoms with van der Waals surface area (Å²) in [7, 11) is 1.61. The van der Waals surface area contributed by atoms with Gasteiger partial charge in [0.25, 0.3) is 11.5 Å². The smallest absolute Gasteiger partial charge is 0.266 e. The molecular weight excluding hydrogens is 476 g/mol. The van der Waals surface area contributed by atoms with E-state index in [2.05, 4.69) is 11.8 Å². The molecule has 1 aliphatic heterocycles. The van der Waals surface area contributed by atoms with E-state index in [9.17, 15) is 9.59 Å². The molecule has 0 aliphatic carbocycles. The van der Waals surface area contributed by atoms with Crippen LogP contribution in [0.3, 0.4) is 0 Å². The first-order chi connectivity index (χ1) is 17.5. The summed E-state index contributed by atoms with van der Waals surface area (Å²) in [6.07, 6.45) is 0. The number of hydrogen-bond acceptors (Lipinski definition) is 5. The van der Waals surface area contributed by atoms with Crippen LogP contribution in [0.25, 0.3) is 16.6 Å². The highest BCUT2D eigenvalue weighted by Crippen LogP contribution is 2.25. The lowest BCUT2D eigenvalue weighted by atomic mass is 10.1. The van der Waals surface area contributed by atoms with Crippen LogP contribution in [0.15, 0.2) is 77.6 Å². The van der Waals surface area contributed by atoms with Crippen molar-refractivity contribution < 1.29 is 9.53 Å². The van der Waals surface area contributed by atoms with Gasteiger partial charge in [0.1, 0.15) is 11.6 Å². The summed E-state index contributed by atoms with van der Waals surface area (Å²) in [5.74, 6) is 1.39. The third-order valence-electron chi connectivity index (χ3n) is 6.75. The van der Waals surface area contributed by atoms with E-state index >= 15 is 0 Å². The Labute approximate surface area is 214 Å². The molecular formula is C28H27ClN4O3. The predicted octanol–water partition coefficient (Wildman–Crippen LogP) is 4.57. The zero-order valence-corrected chi connectivity index (χ0v) is 21.0. The Morgan fingerprint density at radius 2 is 1.61 bits per heavy atom. The van der Waals surface area contributed by atoms with Gasteiger partial charge in [0.05, 0.1) is 29.7 Å². The number of piperazine rings is 1. The monoisotopic (exact) mass is 502 g/mol. The van der Waals surface area contributed by atoms with Gasteiger partial charge >= 0.3 is 0 Å². The summed E-state index contributed by atoms with van der Waals surface area (Å²) in [5.41, 5.74) is 1.92. The molecule has 2 heterocycles. The first kappa shape index (κ1) is 24.0. The van der Waals surface area contributed by atoms with E-state index in [1.807, 2.05) is 35.2 Å². The second-order valence-electron chi connectivity index (χ2n) is 8.84. The van der Waals surface area contributed by atoms with Crippen molar-refractivity contribution in [3.8, 4) is 11.4 Å². The minimum atomic E-state index is -0.142. The standard InChI is InChI=1S/C28H27ClN4O3/c1-19(31-15-17-32(18-16-31)27(34)20-7-13-23(36-2)14-8-20)26-30-25-6-4-3-5-24(25)28(35)33(26)22-11-9-21(29)10-12-22/h3-14,19H,15-18H2,1-2H3. The summed E-state index contributed by atoms with van der Waals surface area (Å²) in [6.45, 7) is 4.59. The van der Waals surface area contributed by atoms with E-state index < -0.39 is 0 Å². The van der Waals surface area contributed by atoms with Crippen LogP contribution in [0.5, 0.6) is 5.75 Å². The Morgan fingerprint density at radius 1 is 0.944 bits per heavy atom. The van der Waals surface area contributed by atoms with Crippen molar-refractivity contribution >= 4 is 28.4 Å². The van der Waals surface area contributed by atoms with Crippen molar-refractivity contribution in [2.24, 2.45) is 0 Å². The summed E-state index contributed by atoms with van der Waals surface area (Å²) < 4.78 is 6.87. The lowest BCUT2D eigenvalue weighted by molar-refractivity contribution is 0.0573. The maximum absolute atomic E-state index is 13.6. The molecule has 8 heteroatoms. The Balaban J connectivity index is 1.41. The van der Waals surface area contributed by atoms with Gasteiger partial charge < -0.3 is 9.64 Å². The number of carbonyl (C=O) groups excluding carboxylic acids is 1. The normalized spacial score (nSPS) is 15.1. The van der Waals surface area contributed by atoms with Gasteiger partial charge in [0.2, 0.25) is 0 Å². The average molecular weight is 503 g/mol. The van der Waals surface area contributed by atoms with Gasteiger partial charge in [-0.25, -0.2) is 4.98 Å². The molecule has 0 N–H and O–H groups in total. The molecule has 1 aromatic heterocycles. The molecule has 3 aromatic carbocycles. The number of amides is 1. The molecule has 1 amide bonds. The second-order valence-corrected chi connectivity index (χ2v) is 9.27. The number of nitrogens with zero attached hydrogens (tertiary/aromatic N) is 4. The quantitative estimate of drug-likeness (QED) is 0.400. The van der Waals surface area contributed by atoms with E-state index in [1.165, 1.54) is 0 Å². The largest absolute Gasteiger partial charge is 0.497 e. The molecule has 1 fully saturated rings. The van der Waals surface area contributed by atoms with Crippen LogP contribution in [0.4, 0.5) is 0 Å². The van der Waals surface area contributed by atoms with Crippen molar-refractivity contribution in [1.82, 2.24) is 19.4 Å². The number of ether oxygens (including phenoxy) is 1. The first-order valence-electron chi connectivity index (χ1n) is 11.9. The van der Waals surface area contributed by atoms with Crippen molar-refractivity contribution in [3.05, 3.63) is 99.6 Å². The number of hydrogen-bond donors (Lipinski definition) is 0. The molecule has 184 valence electrons. The SMILES string of the molecule is COc1ccc(C(=O)N2CCN(C(C)c3nc4ccccc4c(=O)n3-c3ccc(Cl)cc3)CC2)cc1. The zero-order chi connectivity index (χ0) is 25.2. The predicted molar refractivity (Wildman–Crippen MR) is 141 cm³/mol. The number of rotatable bonds is 5. The molecule has 0 spiro atoms. The molecule has 1 unspecified atom stereocenters. The number of aromatic nitrogens is 2. The van der Waals surface area contributed by atoms with Crippen LogP contribution in [0.2, 0.25) is 5.02 Å². The third kappa shape index (κ3) is 4.59. The second kappa shape index (κ2) is 10.1. The maximum atomic E-state index is 13.6. The fourth-order valence-corrected chi connectivity index (χ4v) is 4.79. The molecule has 0 bridgehead atoms. The van der Waals surface area contributed by atoms with Gasteiger partial charge in [-0.15, -0.1) is 0 Å². The average Bonchev–Trinajstić information content (AvgIpc) is 2.93. The van der Waals surface area contributed by atoms with Gasteiger partial charge in [-0.1, -0.05) is 23.7 Å². The van der Waals surface area contributed by atoms with Gasteiger partial charge in [-0.05, 0) is 67.6 Å². The van der Waals surface area contributed by atoms with Crippen LogP contribution < -0.4 is 10.3 Å². The number of methoxy groups -OCH3 is 1.